The first-order valence-corrected chi connectivity index (χ1v) is 15.5. The van der Waals surface area contributed by atoms with Gasteiger partial charge in [-0.25, -0.2) is 0 Å². The molecular weight excluding hydrogens is 584 g/mol. The van der Waals surface area contributed by atoms with E-state index in [1.807, 2.05) is 109 Å². The predicted octanol–water partition coefficient (Wildman–Crippen LogP) is 7.79. The number of para-hydroxylation sites is 2. The van der Waals surface area contributed by atoms with Crippen molar-refractivity contribution in [3.8, 4) is 23.0 Å². The quantitative estimate of drug-likeness (QED) is 0.136. The largest absolute Gasteiger partial charge is 0.465 e. The third-order valence-electron chi connectivity index (χ3n) is 7.01. The van der Waals surface area contributed by atoms with Crippen molar-refractivity contribution in [1.29, 1.82) is 0 Å². The van der Waals surface area contributed by atoms with E-state index < -0.39 is 12.0 Å². The topological polar surface area (TPSA) is 112 Å². The molecule has 8 nitrogen and oxygen atoms in total. The molecule has 4 aromatic carbocycles. The van der Waals surface area contributed by atoms with Crippen LogP contribution in [0.3, 0.4) is 0 Å². The number of aliphatic hydroxyl groups excluding tert-OH is 2. The molecule has 0 fully saturated rings. The van der Waals surface area contributed by atoms with Crippen LogP contribution in [0, 0.1) is 0 Å². The number of rotatable bonds is 14. The van der Waals surface area contributed by atoms with E-state index >= 15 is 0 Å². The summed E-state index contributed by atoms with van der Waals surface area (Å²) in [6.07, 6.45) is 0.116. The Morgan fingerprint density at radius 1 is 0.609 bits per heavy atom. The number of ether oxygens (including phenoxy) is 4. The van der Waals surface area contributed by atoms with Gasteiger partial charge >= 0.3 is 11.9 Å². The fraction of sp³-hybridized carbons (Fsp3) is 0.316. The zero-order valence-electron chi connectivity index (χ0n) is 26.9. The Morgan fingerprint density at radius 3 is 1.52 bits per heavy atom. The predicted molar refractivity (Wildman–Crippen MR) is 177 cm³/mol. The lowest BCUT2D eigenvalue weighted by Crippen LogP contribution is -2.20. The molecule has 0 saturated heterocycles. The summed E-state index contributed by atoms with van der Waals surface area (Å²) >= 11 is 0. The van der Waals surface area contributed by atoms with Gasteiger partial charge in [0.15, 0.2) is 0 Å². The molecule has 0 aliphatic heterocycles. The Labute approximate surface area is 271 Å². The van der Waals surface area contributed by atoms with Crippen molar-refractivity contribution in [2.24, 2.45) is 0 Å². The van der Waals surface area contributed by atoms with Crippen molar-refractivity contribution in [2.75, 3.05) is 13.2 Å². The molecule has 4 rings (SSSR count). The van der Waals surface area contributed by atoms with Gasteiger partial charge in [-0.15, -0.1) is 0 Å². The zero-order valence-corrected chi connectivity index (χ0v) is 26.9. The Balaban J connectivity index is 0.000000250. The minimum Gasteiger partial charge on any atom is -0.465 e. The minimum atomic E-state index is -0.472. The van der Waals surface area contributed by atoms with Crippen LogP contribution in [0.4, 0.5) is 0 Å². The molecule has 0 aliphatic rings. The van der Waals surface area contributed by atoms with E-state index in [2.05, 4.69) is 0 Å². The maximum Gasteiger partial charge on any atom is 0.313 e. The highest BCUT2D eigenvalue weighted by Crippen LogP contribution is 2.27. The average Bonchev–Trinajstić information content (AvgIpc) is 3.05. The highest BCUT2D eigenvalue weighted by Gasteiger charge is 2.20. The standard InChI is InChI=1S/2C19H22O4/c1-14(20)11-12-22-19(21)15(2)16-7-6-10-18(13-16)23-17-8-4-3-5-9-17;1-14(11-12-20)22-19(21)15(2)16-7-6-10-18(13-16)23-17-8-4-3-5-9-17/h2*3-10,13-15,20H,11-12H2,1-2H3. The summed E-state index contributed by atoms with van der Waals surface area (Å²) in [5.41, 5.74) is 1.67. The second kappa shape index (κ2) is 19.0. The van der Waals surface area contributed by atoms with Gasteiger partial charge in [-0.3, -0.25) is 9.59 Å². The van der Waals surface area contributed by atoms with Crippen LogP contribution in [-0.4, -0.2) is 47.6 Å². The lowest BCUT2D eigenvalue weighted by atomic mass is 10.0. The van der Waals surface area contributed by atoms with Crippen molar-refractivity contribution >= 4 is 11.9 Å². The molecule has 0 amide bonds. The first-order valence-electron chi connectivity index (χ1n) is 15.5. The Hall–Kier alpha value is -4.66. The number of aliphatic hydroxyl groups is 2. The SMILES string of the molecule is CC(CCO)OC(=O)C(C)c1cccc(Oc2ccccc2)c1.CC(O)CCOC(=O)C(C)c1cccc(Oc2ccccc2)c1. The van der Waals surface area contributed by atoms with Crippen LogP contribution in [0.15, 0.2) is 109 Å². The Bertz CT molecular complexity index is 1470. The molecule has 46 heavy (non-hydrogen) atoms. The summed E-state index contributed by atoms with van der Waals surface area (Å²) in [5.74, 6) is 1.46. The maximum absolute atomic E-state index is 12.2. The summed E-state index contributed by atoms with van der Waals surface area (Å²) in [6, 6.07) is 33.8. The molecule has 2 N–H and O–H groups in total. The Kier molecular flexibility index (Phi) is 14.8. The second-order valence-corrected chi connectivity index (χ2v) is 11.0. The minimum absolute atomic E-state index is 0.00320. The van der Waals surface area contributed by atoms with E-state index in [4.69, 9.17) is 24.1 Å². The van der Waals surface area contributed by atoms with E-state index in [1.165, 1.54) is 0 Å². The molecule has 0 bridgehead atoms. The van der Waals surface area contributed by atoms with Crippen LogP contribution < -0.4 is 9.47 Å². The summed E-state index contributed by atoms with van der Waals surface area (Å²) in [6.45, 7) is 7.27. The van der Waals surface area contributed by atoms with Crippen LogP contribution in [0.2, 0.25) is 0 Å². The molecule has 4 unspecified atom stereocenters. The molecule has 244 valence electrons. The fourth-order valence-electron chi connectivity index (χ4n) is 4.21. The van der Waals surface area contributed by atoms with E-state index in [1.54, 1.807) is 27.7 Å². The third kappa shape index (κ3) is 12.4. The van der Waals surface area contributed by atoms with Crippen molar-refractivity contribution in [3.63, 3.8) is 0 Å². The molecule has 4 aromatic rings. The van der Waals surface area contributed by atoms with Crippen LogP contribution >= 0.6 is 0 Å². The molecule has 0 spiro atoms. The van der Waals surface area contributed by atoms with Gasteiger partial charge in [-0.2, -0.15) is 0 Å². The number of esters is 2. The number of carbonyl (C=O) groups excluding carboxylic acids is 2. The van der Waals surface area contributed by atoms with Crippen LogP contribution in [0.5, 0.6) is 23.0 Å². The van der Waals surface area contributed by atoms with E-state index in [0.717, 1.165) is 22.6 Å². The van der Waals surface area contributed by atoms with Gasteiger partial charge in [0.1, 0.15) is 29.1 Å². The van der Waals surface area contributed by atoms with E-state index in [-0.39, 0.29) is 37.2 Å². The summed E-state index contributed by atoms with van der Waals surface area (Å²) < 4.78 is 22.1. The smallest absolute Gasteiger partial charge is 0.313 e. The molecule has 0 aromatic heterocycles. The lowest BCUT2D eigenvalue weighted by Gasteiger charge is -2.17. The van der Waals surface area contributed by atoms with Gasteiger partial charge in [0, 0.05) is 19.4 Å². The van der Waals surface area contributed by atoms with Crippen LogP contribution in [0.25, 0.3) is 0 Å². The van der Waals surface area contributed by atoms with Crippen molar-refractivity contribution in [2.45, 2.75) is 64.6 Å². The zero-order chi connectivity index (χ0) is 33.3. The fourth-order valence-corrected chi connectivity index (χ4v) is 4.21. The Morgan fingerprint density at radius 2 is 1.07 bits per heavy atom. The molecule has 4 atom stereocenters. The number of benzene rings is 4. The number of carbonyl (C=O) groups is 2. The third-order valence-corrected chi connectivity index (χ3v) is 7.01. The van der Waals surface area contributed by atoms with Crippen LogP contribution in [-0.2, 0) is 19.1 Å². The molecule has 0 heterocycles. The van der Waals surface area contributed by atoms with E-state index in [0.29, 0.717) is 24.3 Å². The molecular formula is C38H44O8. The summed E-state index contributed by atoms with van der Waals surface area (Å²) in [4.78, 5) is 24.2. The van der Waals surface area contributed by atoms with Gasteiger partial charge in [0.25, 0.3) is 0 Å². The summed E-state index contributed by atoms with van der Waals surface area (Å²) in [7, 11) is 0. The van der Waals surface area contributed by atoms with Gasteiger partial charge < -0.3 is 29.2 Å². The van der Waals surface area contributed by atoms with Gasteiger partial charge in [0.05, 0.1) is 24.5 Å². The van der Waals surface area contributed by atoms with Gasteiger partial charge in [-0.05, 0) is 87.4 Å². The lowest BCUT2D eigenvalue weighted by molar-refractivity contribution is -0.150. The highest BCUT2D eigenvalue weighted by atomic mass is 16.5. The average molecular weight is 629 g/mol. The van der Waals surface area contributed by atoms with Gasteiger partial charge in [-0.1, -0.05) is 60.7 Å². The second-order valence-electron chi connectivity index (χ2n) is 11.0. The van der Waals surface area contributed by atoms with Crippen molar-refractivity contribution in [3.05, 3.63) is 120 Å². The van der Waals surface area contributed by atoms with Crippen LogP contribution in [0.1, 0.15) is 63.5 Å². The number of hydrogen-bond donors (Lipinski definition) is 2. The molecule has 0 saturated carbocycles. The van der Waals surface area contributed by atoms with Crippen molar-refractivity contribution in [1.82, 2.24) is 0 Å². The molecule has 0 aliphatic carbocycles. The van der Waals surface area contributed by atoms with Crippen molar-refractivity contribution < 1.29 is 38.7 Å². The van der Waals surface area contributed by atoms with Gasteiger partial charge in [0.2, 0.25) is 0 Å². The highest BCUT2D eigenvalue weighted by molar-refractivity contribution is 5.78. The molecule has 0 radical (unpaired) electrons. The first kappa shape index (κ1) is 35.8. The first-order chi connectivity index (χ1) is 22.2. The molecule has 8 heteroatoms. The van der Waals surface area contributed by atoms with E-state index in [9.17, 15) is 14.7 Å². The maximum atomic E-state index is 12.2. The number of hydrogen-bond acceptors (Lipinski definition) is 8. The summed E-state index contributed by atoms with van der Waals surface area (Å²) in [5, 5.41) is 18.1. The normalized spacial score (nSPS) is 13.2. The monoisotopic (exact) mass is 628 g/mol.